The van der Waals surface area contributed by atoms with Crippen LogP contribution < -0.4 is 16.6 Å². The van der Waals surface area contributed by atoms with E-state index in [0.29, 0.717) is 22.4 Å². The number of amides is 1. The van der Waals surface area contributed by atoms with E-state index in [4.69, 9.17) is 5.73 Å². The Bertz CT molecular complexity index is 1970. The molecule has 3 N–H and O–H groups in total. The predicted octanol–water partition coefficient (Wildman–Crippen LogP) is 4.01. The van der Waals surface area contributed by atoms with Crippen molar-refractivity contribution < 1.29 is 4.79 Å². The van der Waals surface area contributed by atoms with E-state index in [-0.39, 0.29) is 16.9 Å². The third-order valence-electron chi connectivity index (χ3n) is 6.73. The van der Waals surface area contributed by atoms with Gasteiger partial charge in [-0.05, 0) is 54.3 Å². The first-order valence-corrected chi connectivity index (χ1v) is 12.7. The molecule has 0 aliphatic rings. The third-order valence-corrected chi connectivity index (χ3v) is 6.73. The van der Waals surface area contributed by atoms with E-state index in [1.807, 2.05) is 93.0 Å². The van der Waals surface area contributed by atoms with Crippen molar-refractivity contribution in [2.75, 3.05) is 5.73 Å². The van der Waals surface area contributed by atoms with Gasteiger partial charge in [0.2, 0.25) is 0 Å². The van der Waals surface area contributed by atoms with Gasteiger partial charge in [0, 0.05) is 37.0 Å². The minimum absolute atomic E-state index is 0.0756. The Kier molecular flexibility index (Phi) is 6.19. The molecular formula is C30H26N8O2. The molecular weight excluding hydrogens is 504 g/mol. The van der Waals surface area contributed by atoms with Crippen molar-refractivity contribution in [1.82, 2.24) is 34.3 Å². The number of pyridine rings is 1. The van der Waals surface area contributed by atoms with Crippen LogP contribution >= 0.6 is 0 Å². The number of nitrogen functional groups attached to an aromatic ring is 1. The molecule has 0 unspecified atom stereocenters. The molecule has 6 rings (SSSR count). The van der Waals surface area contributed by atoms with Crippen molar-refractivity contribution in [2.24, 2.45) is 7.05 Å². The Morgan fingerprint density at radius 1 is 1.00 bits per heavy atom. The lowest BCUT2D eigenvalue weighted by molar-refractivity contribution is 0.0941. The maximum atomic E-state index is 14.2. The Labute approximate surface area is 229 Å². The number of para-hydroxylation sites is 1. The molecule has 10 nitrogen and oxygen atoms in total. The van der Waals surface area contributed by atoms with Crippen LogP contribution in [0.5, 0.6) is 0 Å². The second-order valence-corrected chi connectivity index (χ2v) is 9.45. The maximum Gasteiger partial charge on any atom is 0.263 e. The van der Waals surface area contributed by atoms with Crippen molar-refractivity contribution in [3.05, 3.63) is 118 Å². The highest BCUT2D eigenvalue weighted by atomic mass is 16.2. The number of aryl methyl sites for hydroxylation is 1. The summed E-state index contributed by atoms with van der Waals surface area (Å²) in [6.07, 6.45) is 8.89. The van der Waals surface area contributed by atoms with Crippen LogP contribution in [-0.4, -0.2) is 34.9 Å². The van der Waals surface area contributed by atoms with Gasteiger partial charge in [0.15, 0.2) is 11.5 Å². The minimum Gasteiger partial charge on any atom is -0.381 e. The first-order valence-electron chi connectivity index (χ1n) is 12.7. The summed E-state index contributed by atoms with van der Waals surface area (Å²) in [6, 6.07) is 20.1. The summed E-state index contributed by atoms with van der Waals surface area (Å²) in [4.78, 5) is 31.9. The van der Waals surface area contributed by atoms with E-state index in [1.165, 1.54) is 4.52 Å². The lowest BCUT2D eigenvalue weighted by Gasteiger charge is -2.21. The quantitative estimate of drug-likeness (QED) is 0.335. The number of anilines is 1. The van der Waals surface area contributed by atoms with Crippen LogP contribution in [0.25, 0.3) is 34.3 Å². The maximum absolute atomic E-state index is 14.2. The topological polar surface area (TPSA) is 125 Å². The van der Waals surface area contributed by atoms with E-state index >= 15 is 0 Å². The summed E-state index contributed by atoms with van der Waals surface area (Å²) < 4.78 is 4.83. The number of carbonyl (C=O) groups is 1. The molecule has 4 aromatic heterocycles. The molecule has 1 amide bonds. The highest BCUT2D eigenvalue weighted by Gasteiger charge is 2.23. The van der Waals surface area contributed by atoms with Crippen LogP contribution in [0.15, 0.2) is 90.1 Å². The number of hydrogen-bond acceptors (Lipinski definition) is 6. The SMILES string of the molecule is C[C@@H](NC(=O)c1c(N)nn2cccnc12)c1cc2cccc(/C=C/c3ccn(C)n3)c2c(=O)n1-c1ccccc1. The van der Waals surface area contributed by atoms with E-state index < -0.39 is 11.9 Å². The van der Waals surface area contributed by atoms with Gasteiger partial charge in [0.1, 0.15) is 5.56 Å². The highest BCUT2D eigenvalue weighted by molar-refractivity contribution is 6.04. The van der Waals surface area contributed by atoms with Crippen LogP contribution in [-0.2, 0) is 7.05 Å². The molecule has 2 aromatic carbocycles. The summed E-state index contributed by atoms with van der Waals surface area (Å²) in [5.74, 6) is -0.357. The van der Waals surface area contributed by atoms with Gasteiger partial charge in [-0.2, -0.15) is 5.10 Å². The zero-order valence-electron chi connectivity index (χ0n) is 21.9. The van der Waals surface area contributed by atoms with Crippen molar-refractivity contribution in [3.63, 3.8) is 0 Å². The largest absolute Gasteiger partial charge is 0.381 e. The number of aromatic nitrogens is 6. The molecule has 0 fully saturated rings. The molecule has 0 aliphatic carbocycles. The number of fused-ring (bicyclic) bond motifs is 2. The van der Waals surface area contributed by atoms with Gasteiger partial charge in [-0.15, -0.1) is 5.10 Å². The Balaban J connectivity index is 1.46. The van der Waals surface area contributed by atoms with Gasteiger partial charge in [0.25, 0.3) is 11.5 Å². The van der Waals surface area contributed by atoms with Crippen LogP contribution in [0.1, 0.15) is 40.3 Å². The smallest absolute Gasteiger partial charge is 0.263 e. The van der Waals surface area contributed by atoms with Crippen LogP contribution in [0, 0.1) is 0 Å². The van der Waals surface area contributed by atoms with E-state index in [9.17, 15) is 9.59 Å². The molecule has 0 spiro atoms. The Morgan fingerprint density at radius 3 is 2.60 bits per heavy atom. The van der Waals surface area contributed by atoms with Gasteiger partial charge in [-0.3, -0.25) is 18.8 Å². The molecule has 4 heterocycles. The summed E-state index contributed by atoms with van der Waals surface area (Å²) in [5, 5.41) is 12.9. The normalized spacial score (nSPS) is 12.3. The van der Waals surface area contributed by atoms with Gasteiger partial charge in [-0.1, -0.05) is 42.5 Å². The van der Waals surface area contributed by atoms with E-state index in [0.717, 1.165) is 16.6 Å². The summed E-state index contributed by atoms with van der Waals surface area (Å²) in [5.41, 5.74) is 9.28. The van der Waals surface area contributed by atoms with E-state index in [2.05, 4.69) is 20.5 Å². The van der Waals surface area contributed by atoms with Crippen LogP contribution in [0.2, 0.25) is 0 Å². The molecule has 6 aromatic rings. The first kappa shape index (κ1) is 24.8. The molecule has 198 valence electrons. The van der Waals surface area contributed by atoms with Crippen molar-refractivity contribution in [3.8, 4) is 5.69 Å². The Hall–Kier alpha value is -5.51. The van der Waals surface area contributed by atoms with Gasteiger partial charge < -0.3 is 11.1 Å². The molecule has 1 atom stereocenters. The number of benzene rings is 2. The number of hydrogen-bond donors (Lipinski definition) is 2. The summed E-state index contributed by atoms with van der Waals surface area (Å²) >= 11 is 0. The fraction of sp³-hybridized carbons (Fsp3) is 0.100. The van der Waals surface area contributed by atoms with Crippen LogP contribution in [0.3, 0.4) is 0 Å². The zero-order valence-corrected chi connectivity index (χ0v) is 21.9. The average Bonchev–Trinajstić information content (AvgIpc) is 3.53. The minimum atomic E-state index is -0.560. The average molecular weight is 531 g/mol. The van der Waals surface area contributed by atoms with E-state index in [1.54, 1.807) is 27.7 Å². The molecule has 40 heavy (non-hydrogen) atoms. The number of rotatable bonds is 6. The lowest BCUT2D eigenvalue weighted by Crippen LogP contribution is -2.32. The monoisotopic (exact) mass is 530 g/mol. The van der Waals surface area contributed by atoms with Gasteiger partial charge in [0.05, 0.1) is 17.1 Å². The van der Waals surface area contributed by atoms with Gasteiger partial charge in [-0.25, -0.2) is 9.50 Å². The number of carbonyl (C=O) groups excluding carboxylic acids is 1. The summed E-state index contributed by atoms with van der Waals surface area (Å²) in [7, 11) is 1.86. The fourth-order valence-electron chi connectivity index (χ4n) is 4.87. The first-order chi connectivity index (χ1) is 19.4. The second kappa shape index (κ2) is 9.99. The Morgan fingerprint density at radius 2 is 1.82 bits per heavy atom. The standard InChI is InChI=1S/C30H26N8O2/c1-19(33-29(39)26-27(31)35-37-16-7-15-32-28(26)37)24-18-21-9-6-8-20(12-13-22-14-17-36(2)34-22)25(21)30(40)38(24)23-10-4-3-5-11-23/h3-19H,1-2H3,(H2,31,35)(H,33,39)/b13-12+/t19-/m1/s1. The highest BCUT2D eigenvalue weighted by Crippen LogP contribution is 2.25. The zero-order chi connectivity index (χ0) is 27.8. The van der Waals surface area contributed by atoms with Crippen molar-refractivity contribution in [1.29, 1.82) is 0 Å². The third kappa shape index (κ3) is 4.41. The van der Waals surface area contributed by atoms with Gasteiger partial charge >= 0.3 is 0 Å². The lowest BCUT2D eigenvalue weighted by atomic mass is 10.0. The van der Waals surface area contributed by atoms with Crippen LogP contribution in [0.4, 0.5) is 5.82 Å². The number of nitrogens with one attached hydrogen (secondary N) is 1. The van der Waals surface area contributed by atoms with Crippen molar-refractivity contribution in [2.45, 2.75) is 13.0 Å². The number of nitrogens with two attached hydrogens (primary N) is 1. The second-order valence-electron chi connectivity index (χ2n) is 9.45. The number of nitrogens with zero attached hydrogens (tertiary/aromatic N) is 6. The molecule has 0 saturated heterocycles. The molecule has 0 saturated carbocycles. The van der Waals surface area contributed by atoms with Crippen molar-refractivity contribution >= 4 is 40.3 Å². The predicted molar refractivity (Wildman–Crippen MR) is 155 cm³/mol. The molecule has 10 heteroatoms. The summed E-state index contributed by atoms with van der Waals surface area (Å²) in [6.45, 7) is 1.83. The fourth-order valence-corrected chi connectivity index (χ4v) is 4.87. The molecule has 0 aliphatic heterocycles. The molecule has 0 bridgehead atoms. The molecule has 0 radical (unpaired) electrons.